The maximum Gasteiger partial charge on any atom is 0.325 e. The van der Waals surface area contributed by atoms with E-state index < -0.39 is 16.8 Å². The lowest BCUT2D eigenvalue weighted by Crippen LogP contribution is -2.22. The highest BCUT2D eigenvalue weighted by molar-refractivity contribution is 7.16. The van der Waals surface area contributed by atoms with Crippen LogP contribution in [0.1, 0.15) is 15.9 Å². The van der Waals surface area contributed by atoms with Gasteiger partial charge in [0.15, 0.2) is 16.3 Å². The quantitative estimate of drug-likeness (QED) is 0.325. The summed E-state index contributed by atoms with van der Waals surface area (Å²) in [6.45, 7) is 1.30. The topological polar surface area (TPSA) is 122 Å². The molecule has 0 spiro atoms. The van der Waals surface area contributed by atoms with Crippen molar-refractivity contribution in [2.75, 3.05) is 21.3 Å². The second-order valence-corrected chi connectivity index (χ2v) is 7.35. The van der Waals surface area contributed by atoms with Crippen LogP contribution < -0.4 is 14.3 Å². The van der Waals surface area contributed by atoms with E-state index in [0.717, 1.165) is 11.3 Å². The number of carbonyl (C=O) groups excluding carboxylic acids is 2. The number of rotatable bonds is 6. The molecule has 3 aromatic rings. The molecule has 31 heavy (non-hydrogen) atoms. The Kier molecular flexibility index (Phi) is 6.35. The van der Waals surface area contributed by atoms with E-state index in [4.69, 9.17) is 14.2 Å². The largest absolute Gasteiger partial charge is 0.493 e. The number of fused-ring (bicyclic) bond motifs is 1. The average molecular weight is 445 g/mol. The summed E-state index contributed by atoms with van der Waals surface area (Å²) in [5, 5.41) is 11.2. The molecule has 0 saturated carbocycles. The first-order valence-corrected chi connectivity index (χ1v) is 9.77. The van der Waals surface area contributed by atoms with E-state index in [1.807, 2.05) is 0 Å². The number of ether oxygens (including phenoxy) is 3. The number of methoxy groups -OCH3 is 3. The molecule has 0 aliphatic carbocycles. The van der Waals surface area contributed by atoms with Crippen LogP contribution in [0.4, 0.5) is 5.69 Å². The van der Waals surface area contributed by atoms with Crippen molar-refractivity contribution in [2.45, 2.75) is 13.5 Å². The van der Waals surface area contributed by atoms with Crippen molar-refractivity contribution in [3.05, 3.63) is 56.4 Å². The molecule has 0 saturated heterocycles. The smallest absolute Gasteiger partial charge is 0.325 e. The van der Waals surface area contributed by atoms with Crippen LogP contribution in [-0.4, -0.2) is 42.7 Å². The molecule has 1 aromatic heterocycles. The van der Waals surface area contributed by atoms with Crippen LogP contribution in [0.5, 0.6) is 11.5 Å². The minimum atomic E-state index is -0.662. The van der Waals surface area contributed by atoms with Gasteiger partial charge in [0.2, 0.25) is 0 Å². The van der Waals surface area contributed by atoms with Gasteiger partial charge in [-0.25, -0.2) is 0 Å². The molecule has 11 heteroatoms. The van der Waals surface area contributed by atoms with Gasteiger partial charge in [-0.15, -0.1) is 0 Å². The van der Waals surface area contributed by atoms with Crippen LogP contribution in [0.3, 0.4) is 0 Å². The molecule has 0 radical (unpaired) electrons. The normalized spacial score (nSPS) is 11.4. The number of nitro benzene ring substituents is 1. The highest BCUT2D eigenvalue weighted by atomic mass is 32.1. The molecule has 1 amide bonds. The third-order valence-electron chi connectivity index (χ3n) is 4.63. The summed E-state index contributed by atoms with van der Waals surface area (Å²) in [4.78, 5) is 39.9. The van der Waals surface area contributed by atoms with E-state index in [-0.39, 0.29) is 28.2 Å². The first-order chi connectivity index (χ1) is 14.8. The molecule has 0 aliphatic heterocycles. The zero-order valence-electron chi connectivity index (χ0n) is 17.2. The van der Waals surface area contributed by atoms with E-state index >= 15 is 0 Å². The zero-order valence-corrected chi connectivity index (χ0v) is 18.0. The van der Waals surface area contributed by atoms with E-state index in [1.165, 1.54) is 51.0 Å². The number of esters is 1. The summed E-state index contributed by atoms with van der Waals surface area (Å²) in [7, 11) is 4.25. The molecule has 0 bridgehead atoms. The molecule has 162 valence electrons. The van der Waals surface area contributed by atoms with Gasteiger partial charge in [-0.05, 0) is 13.0 Å². The zero-order chi connectivity index (χ0) is 22.7. The maximum absolute atomic E-state index is 12.9. The second kappa shape index (κ2) is 8.96. The number of nitrogens with zero attached hydrogens (tertiary/aromatic N) is 3. The van der Waals surface area contributed by atoms with Gasteiger partial charge in [-0.3, -0.25) is 19.7 Å². The fraction of sp³-hybridized carbons (Fsp3) is 0.250. The SMILES string of the molecule is COC(=O)Cn1c(=NC(=O)c2cccc([N+](=O)[O-])c2C)sc2cc(OC)c(OC)cc21. The number of benzene rings is 2. The van der Waals surface area contributed by atoms with Gasteiger partial charge in [0.25, 0.3) is 11.6 Å². The third-order valence-corrected chi connectivity index (χ3v) is 5.67. The van der Waals surface area contributed by atoms with Crippen molar-refractivity contribution in [3.63, 3.8) is 0 Å². The predicted molar refractivity (Wildman–Crippen MR) is 113 cm³/mol. The molecule has 0 atom stereocenters. The van der Waals surface area contributed by atoms with Crippen LogP contribution in [0.15, 0.2) is 35.3 Å². The molecule has 0 N–H and O–H groups in total. The second-order valence-electron chi connectivity index (χ2n) is 6.35. The van der Waals surface area contributed by atoms with Crippen molar-refractivity contribution in [1.29, 1.82) is 0 Å². The lowest BCUT2D eigenvalue weighted by atomic mass is 10.1. The van der Waals surface area contributed by atoms with Crippen LogP contribution in [0.2, 0.25) is 0 Å². The molecule has 3 rings (SSSR count). The number of amides is 1. The highest BCUT2D eigenvalue weighted by Crippen LogP contribution is 2.33. The van der Waals surface area contributed by atoms with Crippen molar-refractivity contribution < 1.29 is 28.7 Å². The van der Waals surface area contributed by atoms with Crippen molar-refractivity contribution in [2.24, 2.45) is 4.99 Å². The van der Waals surface area contributed by atoms with E-state index in [1.54, 1.807) is 12.1 Å². The van der Waals surface area contributed by atoms with E-state index in [0.29, 0.717) is 21.7 Å². The average Bonchev–Trinajstić information content (AvgIpc) is 3.07. The number of thiazole rings is 1. The Morgan fingerprint density at radius 1 is 1.16 bits per heavy atom. The number of hydrogen-bond acceptors (Lipinski definition) is 8. The van der Waals surface area contributed by atoms with Gasteiger partial charge in [0.1, 0.15) is 6.54 Å². The molecule has 0 aliphatic rings. The van der Waals surface area contributed by atoms with Gasteiger partial charge >= 0.3 is 5.97 Å². The first-order valence-electron chi connectivity index (χ1n) is 8.96. The molecule has 0 unspecified atom stereocenters. The highest BCUT2D eigenvalue weighted by Gasteiger charge is 2.19. The number of aromatic nitrogens is 1. The fourth-order valence-electron chi connectivity index (χ4n) is 3.03. The minimum Gasteiger partial charge on any atom is -0.493 e. The Bertz CT molecular complexity index is 1260. The van der Waals surface area contributed by atoms with Gasteiger partial charge in [-0.1, -0.05) is 17.4 Å². The molecule has 1 heterocycles. The molecule has 10 nitrogen and oxygen atoms in total. The Morgan fingerprint density at radius 3 is 2.45 bits per heavy atom. The molecular weight excluding hydrogens is 426 g/mol. The first kappa shape index (κ1) is 22.0. The molecule has 0 fully saturated rings. The maximum atomic E-state index is 12.9. The van der Waals surface area contributed by atoms with E-state index in [2.05, 4.69) is 4.99 Å². The van der Waals surface area contributed by atoms with Crippen molar-refractivity contribution >= 4 is 39.1 Å². The van der Waals surface area contributed by atoms with Crippen LogP contribution in [0, 0.1) is 17.0 Å². The summed E-state index contributed by atoms with van der Waals surface area (Å²) in [6, 6.07) is 7.61. The van der Waals surface area contributed by atoms with Crippen molar-refractivity contribution in [3.8, 4) is 11.5 Å². The van der Waals surface area contributed by atoms with Gasteiger partial charge in [0, 0.05) is 23.8 Å². The third kappa shape index (κ3) is 4.26. The number of hydrogen-bond donors (Lipinski definition) is 0. The van der Waals surface area contributed by atoms with E-state index in [9.17, 15) is 19.7 Å². The summed E-state index contributed by atoms with van der Waals surface area (Å²) in [5.41, 5.74) is 0.737. The lowest BCUT2D eigenvalue weighted by Gasteiger charge is -2.09. The van der Waals surface area contributed by atoms with Gasteiger partial charge in [0.05, 0.1) is 42.0 Å². The number of nitro groups is 1. The fourth-order valence-corrected chi connectivity index (χ4v) is 4.07. The lowest BCUT2D eigenvalue weighted by molar-refractivity contribution is -0.385. The molecule has 2 aromatic carbocycles. The Morgan fingerprint density at radius 2 is 1.84 bits per heavy atom. The number of carbonyl (C=O) groups is 2. The van der Waals surface area contributed by atoms with Crippen LogP contribution in [-0.2, 0) is 16.1 Å². The standard InChI is InChI=1S/C20H19N3O7S/c1-11-12(6-5-7-13(11)23(26)27)19(25)21-20-22(10-18(24)30-4)14-8-15(28-2)16(29-3)9-17(14)31-20/h5-9H,10H2,1-4H3. The van der Waals surface area contributed by atoms with Crippen LogP contribution >= 0.6 is 11.3 Å². The van der Waals surface area contributed by atoms with Crippen molar-refractivity contribution in [1.82, 2.24) is 4.57 Å². The van der Waals surface area contributed by atoms with Gasteiger partial charge in [-0.2, -0.15) is 4.99 Å². The monoisotopic (exact) mass is 445 g/mol. The minimum absolute atomic E-state index is 0.103. The van der Waals surface area contributed by atoms with Crippen LogP contribution in [0.25, 0.3) is 10.2 Å². The summed E-state index contributed by atoms with van der Waals surface area (Å²) in [6.07, 6.45) is 0. The Hall–Kier alpha value is -3.73. The Balaban J connectivity index is 2.22. The summed E-state index contributed by atoms with van der Waals surface area (Å²) < 4.78 is 17.6. The summed E-state index contributed by atoms with van der Waals surface area (Å²) >= 11 is 1.16. The Labute approximate surface area is 180 Å². The van der Waals surface area contributed by atoms with Gasteiger partial charge < -0.3 is 18.8 Å². The predicted octanol–water partition coefficient (Wildman–Crippen LogP) is 2.85. The molecular formula is C20H19N3O7S. The summed E-state index contributed by atoms with van der Waals surface area (Å²) in [5.74, 6) is -0.270.